The van der Waals surface area contributed by atoms with Crippen LogP contribution in [0.25, 0.3) is 0 Å². The fraction of sp³-hybridized carbons (Fsp3) is 0.562. The molecule has 0 aromatic heterocycles. The Labute approximate surface area is 125 Å². The smallest absolute Gasteiger partial charge is 0.226 e. The van der Waals surface area contributed by atoms with Crippen LogP contribution in [0.1, 0.15) is 19.3 Å². The third-order valence-electron chi connectivity index (χ3n) is 3.77. The minimum atomic E-state index is 0.138. The van der Waals surface area contributed by atoms with Gasteiger partial charge in [-0.15, -0.1) is 0 Å². The van der Waals surface area contributed by atoms with Gasteiger partial charge in [0, 0.05) is 20.2 Å². The van der Waals surface area contributed by atoms with Crippen LogP contribution in [-0.2, 0) is 9.53 Å². The monoisotopic (exact) mass is 293 g/mol. The standard InChI is InChI=1S/C16H23NO4/c1-19-13-7-10-17(11-8-13)16(18)9-12-21-15-6-4-3-5-14(15)20-2/h3-6,13H,7-12H2,1-2H3. The van der Waals surface area contributed by atoms with Crippen molar-refractivity contribution in [2.24, 2.45) is 0 Å². The van der Waals surface area contributed by atoms with E-state index in [0.29, 0.717) is 30.6 Å². The van der Waals surface area contributed by atoms with Crippen molar-refractivity contribution in [2.75, 3.05) is 33.9 Å². The second-order valence-corrected chi connectivity index (χ2v) is 5.07. The number of benzene rings is 1. The van der Waals surface area contributed by atoms with Crippen molar-refractivity contribution in [1.82, 2.24) is 4.90 Å². The van der Waals surface area contributed by atoms with Gasteiger partial charge in [-0.2, -0.15) is 0 Å². The molecule has 1 heterocycles. The van der Waals surface area contributed by atoms with E-state index in [2.05, 4.69) is 0 Å². The second kappa shape index (κ2) is 7.88. The summed E-state index contributed by atoms with van der Waals surface area (Å²) in [5, 5.41) is 0. The van der Waals surface area contributed by atoms with Gasteiger partial charge in [0.1, 0.15) is 0 Å². The van der Waals surface area contributed by atoms with Crippen LogP contribution in [0.3, 0.4) is 0 Å². The molecule has 0 atom stereocenters. The van der Waals surface area contributed by atoms with E-state index in [-0.39, 0.29) is 5.91 Å². The van der Waals surface area contributed by atoms with Gasteiger partial charge in [0.2, 0.25) is 5.91 Å². The molecule has 1 aromatic carbocycles. The van der Waals surface area contributed by atoms with Crippen LogP contribution in [0.5, 0.6) is 11.5 Å². The van der Waals surface area contributed by atoms with Crippen LogP contribution in [-0.4, -0.2) is 50.8 Å². The summed E-state index contributed by atoms with van der Waals surface area (Å²) in [6, 6.07) is 7.45. The molecule has 0 aliphatic carbocycles. The van der Waals surface area contributed by atoms with Crippen molar-refractivity contribution < 1.29 is 19.0 Å². The topological polar surface area (TPSA) is 48.0 Å². The molecule has 0 unspecified atom stereocenters. The predicted octanol–water partition coefficient (Wildman–Crippen LogP) is 2.10. The van der Waals surface area contributed by atoms with Crippen molar-refractivity contribution in [3.05, 3.63) is 24.3 Å². The number of hydrogen-bond donors (Lipinski definition) is 0. The van der Waals surface area contributed by atoms with Crippen LogP contribution in [0.4, 0.5) is 0 Å². The fourth-order valence-electron chi connectivity index (χ4n) is 2.49. The molecule has 0 bridgehead atoms. The van der Waals surface area contributed by atoms with Crippen LogP contribution < -0.4 is 9.47 Å². The third-order valence-corrected chi connectivity index (χ3v) is 3.77. The Bertz CT molecular complexity index is 455. The van der Waals surface area contributed by atoms with Gasteiger partial charge < -0.3 is 19.1 Å². The maximum absolute atomic E-state index is 12.1. The van der Waals surface area contributed by atoms with Gasteiger partial charge in [0.25, 0.3) is 0 Å². The SMILES string of the molecule is COc1ccccc1OCCC(=O)N1CCC(OC)CC1. The number of para-hydroxylation sites is 2. The molecule has 0 spiro atoms. The van der Waals surface area contributed by atoms with Gasteiger partial charge in [0.05, 0.1) is 26.2 Å². The van der Waals surface area contributed by atoms with Crippen molar-refractivity contribution in [3.63, 3.8) is 0 Å². The number of ether oxygens (including phenoxy) is 3. The Balaban J connectivity index is 1.74. The Morgan fingerprint density at radius 1 is 1.19 bits per heavy atom. The molecule has 5 heteroatoms. The van der Waals surface area contributed by atoms with Crippen molar-refractivity contribution in [1.29, 1.82) is 0 Å². The van der Waals surface area contributed by atoms with E-state index < -0.39 is 0 Å². The van der Waals surface area contributed by atoms with Crippen molar-refractivity contribution >= 4 is 5.91 Å². The molecule has 0 N–H and O–H groups in total. The third kappa shape index (κ3) is 4.36. The van der Waals surface area contributed by atoms with Gasteiger partial charge in [-0.1, -0.05) is 12.1 Å². The molecule has 1 aliphatic rings. The summed E-state index contributed by atoms with van der Waals surface area (Å²) in [5.41, 5.74) is 0. The molecule has 21 heavy (non-hydrogen) atoms. The van der Waals surface area contributed by atoms with E-state index in [1.165, 1.54) is 0 Å². The molecule has 5 nitrogen and oxygen atoms in total. The zero-order valence-electron chi connectivity index (χ0n) is 12.7. The van der Waals surface area contributed by atoms with E-state index >= 15 is 0 Å². The second-order valence-electron chi connectivity index (χ2n) is 5.07. The first-order valence-corrected chi connectivity index (χ1v) is 7.31. The number of carbonyl (C=O) groups excluding carboxylic acids is 1. The summed E-state index contributed by atoms with van der Waals surface area (Å²) in [7, 11) is 3.33. The number of hydrogen-bond acceptors (Lipinski definition) is 4. The van der Waals surface area contributed by atoms with Crippen LogP contribution in [0, 0.1) is 0 Å². The minimum Gasteiger partial charge on any atom is -0.493 e. The van der Waals surface area contributed by atoms with Gasteiger partial charge in [-0.05, 0) is 25.0 Å². The average Bonchev–Trinajstić information content (AvgIpc) is 2.55. The maximum atomic E-state index is 12.1. The van der Waals surface area contributed by atoms with E-state index in [1.807, 2.05) is 29.2 Å². The largest absolute Gasteiger partial charge is 0.493 e. The number of carbonyl (C=O) groups is 1. The fourth-order valence-corrected chi connectivity index (χ4v) is 2.49. The Morgan fingerprint density at radius 3 is 2.48 bits per heavy atom. The minimum absolute atomic E-state index is 0.138. The first kappa shape index (κ1) is 15.6. The van der Waals surface area contributed by atoms with Gasteiger partial charge in [0.15, 0.2) is 11.5 Å². The first-order chi connectivity index (χ1) is 10.2. The quantitative estimate of drug-likeness (QED) is 0.806. The number of piperidine rings is 1. The first-order valence-electron chi connectivity index (χ1n) is 7.31. The van der Waals surface area contributed by atoms with E-state index in [0.717, 1.165) is 25.9 Å². The maximum Gasteiger partial charge on any atom is 0.226 e. The van der Waals surface area contributed by atoms with Gasteiger partial charge in [-0.25, -0.2) is 0 Å². The Hall–Kier alpha value is -1.75. The predicted molar refractivity (Wildman–Crippen MR) is 79.7 cm³/mol. The number of rotatable bonds is 6. The molecule has 0 saturated carbocycles. The van der Waals surface area contributed by atoms with Crippen LogP contribution >= 0.6 is 0 Å². The lowest BCUT2D eigenvalue weighted by atomic mass is 10.1. The molecule has 1 aliphatic heterocycles. The molecule has 116 valence electrons. The molecule has 0 radical (unpaired) electrons. The average molecular weight is 293 g/mol. The number of amides is 1. The van der Waals surface area contributed by atoms with Crippen LogP contribution in [0.15, 0.2) is 24.3 Å². The summed E-state index contributed by atoms with van der Waals surface area (Å²) in [5.74, 6) is 1.50. The summed E-state index contributed by atoms with van der Waals surface area (Å²) >= 11 is 0. The van der Waals surface area contributed by atoms with Crippen molar-refractivity contribution in [3.8, 4) is 11.5 Å². The molecule has 1 fully saturated rings. The summed E-state index contributed by atoms with van der Waals surface area (Å²) in [6.45, 7) is 1.90. The summed E-state index contributed by atoms with van der Waals surface area (Å²) in [4.78, 5) is 14.0. The number of methoxy groups -OCH3 is 2. The van der Waals surface area contributed by atoms with Crippen molar-refractivity contribution in [2.45, 2.75) is 25.4 Å². The molecule has 1 aromatic rings. The van der Waals surface area contributed by atoms with Crippen LogP contribution in [0.2, 0.25) is 0 Å². The number of likely N-dealkylation sites (tertiary alicyclic amines) is 1. The van der Waals surface area contributed by atoms with Gasteiger partial charge >= 0.3 is 0 Å². The molecular formula is C16H23NO4. The molecule has 1 amide bonds. The highest BCUT2D eigenvalue weighted by Gasteiger charge is 2.22. The summed E-state index contributed by atoms with van der Waals surface area (Å²) < 4.78 is 16.2. The highest BCUT2D eigenvalue weighted by atomic mass is 16.5. The molecule has 2 rings (SSSR count). The highest BCUT2D eigenvalue weighted by molar-refractivity contribution is 5.76. The van der Waals surface area contributed by atoms with E-state index in [9.17, 15) is 4.79 Å². The molecule has 1 saturated heterocycles. The lowest BCUT2D eigenvalue weighted by molar-refractivity contribution is -0.134. The number of nitrogens with zero attached hydrogens (tertiary/aromatic N) is 1. The highest BCUT2D eigenvalue weighted by Crippen LogP contribution is 2.25. The lowest BCUT2D eigenvalue weighted by Crippen LogP contribution is -2.41. The van der Waals surface area contributed by atoms with E-state index in [1.54, 1.807) is 14.2 Å². The lowest BCUT2D eigenvalue weighted by Gasteiger charge is -2.31. The molecular weight excluding hydrogens is 270 g/mol. The Kier molecular flexibility index (Phi) is 5.87. The zero-order chi connectivity index (χ0) is 15.1. The van der Waals surface area contributed by atoms with Gasteiger partial charge in [-0.3, -0.25) is 4.79 Å². The zero-order valence-corrected chi connectivity index (χ0v) is 12.7. The Morgan fingerprint density at radius 2 is 1.86 bits per heavy atom. The summed E-state index contributed by atoms with van der Waals surface area (Å²) in [6.07, 6.45) is 2.50. The van der Waals surface area contributed by atoms with E-state index in [4.69, 9.17) is 14.2 Å². The normalized spacial score (nSPS) is 15.8.